The van der Waals surface area contributed by atoms with Crippen molar-refractivity contribution in [2.75, 3.05) is 6.54 Å². The average molecular weight is 476 g/mol. The molecule has 7 heteroatoms. The van der Waals surface area contributed by atoms with E-state index >= 15 is 4.39 Å². The topological polar surface area (TPSA) is 89.8 Å². The fourth-order valence-corrected chi connectivity index (χ4v) is 4.29. The van der Waals surface area contributed by atoms with E-state index in [0.717, 1.165) is 28.6 Å². The van der Waals surface area contributed by atoms with Crippen LogP contribution < -0.4 is 10.5 Å². The molecule has 1 fully saturated rings. The summed E-state index contributed by atoms with van der Waals surface area (Å²) in [5.74, 6) is -0.229. The van der Waals surface area contributed by atoms with Gasteiger partial charge in [-0.2, -0.15) is 0 Å². The standard InChI is InChI=1S/C28H30FN3O3/c1-3-21(28(29)24(15-30)31-2)23-12-19(13-25-22(23)10-11-32(25)16-18-8-9-18)17-35-26-7-5-4-6-20(26)14-27(33)34/h3-7,10-13,18H,2,8-9,14-17,30H2,1H3,(H,33,34)/b21-3-,28-24+. The Morgan fingerprint density at radius 3 is 2.74 bits per heavy atom. The van der Waals surface area contributed by atoms with Gasteiger partial charge in [0.25, 0.3) is 0 Å². The summed E-state index contributed by atoms with van der Waals surface area (Å²) in [7, 11) is 0. The first kappa shape index (κ1) is 24.4. The lowest BCUT2D eigenvalue weighted by Gasteiger charge is -2.15. The summed E-state index contributed by atoms with van der Waals surface area (Å²) < 4.78 is 23.7. The number of rotatable bonds is 11. The van der Waals surface area contributed by atoms with E-state index < -0.39 is 11.8 Å². The van der Waals surface area contributed by atoms with E-state index in [0.29, 0.717) is 22.8 Å². The minimum absolute atomic E-state index is 0.0539. The third kappa shape index (κ3) is 5.52. The molecule has 0 atom stereocenters. The smallest absolute Gasteiger partial charge is 0.307 e. The second-order valence-corrected chi connectivity index (χ2v) is 8.78. The van der Waals surface area contributed by atoms with Crippen molar-refractivity contribution in [2.45, 2.75) is 39.3 Å². The first-order valence-electron chi connectivity index (χ1n) is 11.7. The van der Waals surface area contributed by atoms with E-state index in [9.17, 15) is 9.90 Å². The van der Waals surface area contributed by atoms with E-state index in [1.54, 1.807) is 31.2 Å². The van der Waals surface area contributed by atoms with Gasteiger partial charge in [-0.3, -0.25) is 9.79 Å². The van der Waals surface area contributed by atoms with Crippen LogP contribution in [0.15, 0.2) is 71.3 Å². The number of halogens is 1. The monoisotopic (exact) mass is 475 g/mol. The number of nitrogens with two attached hydrogens (primary N) is 1. The van der Waals surface area contributed by atoms with E-state index in [1.165, 1.54) is 12.8 Å². The first-order chi connectivity index (χ1) is 16.9. The molecule has 182 valence electrons. The molecule has 3 N–H and O–H groups in total. The van der Waals surface area contributed by atoms with Crippen molar-refractivity contribution in [2.24, 2.45) is 16.6 Å². The van der Waals surface area contributed by atoms with Gasteiger partial charge < -0.3 is 20.1 Å². The molecule has 6 nitrogen and oxygen atoms in total. The highest BCUT2D eigenvalue weighted by Crippen LogP contribution is 2.37. The largest absolute Gasteiger partial charge is 0.489 e. The van der Waals surface area contributed by atoms with Gasteiger partial charge in [-0.15, -0.1) is 0 Å². The fourth-order valence-electron chi connectivity index (χ4n) is 4.29. The maximum absolute atomic E-state index is 15.4. The number of para-hydroxylation sites is 1. The second-order valence-electron chi connectivity index (χ2n) is 8.78. The van der Waals surface area contributed by atoms with E-state index in [2.05, 4.69) is 22.3 Å². The van der Waals surface area contributed by atoms with Crippen LogP contribution in [0.5, 0.6) is 5.75 Å². The predicted octanol–water partition coefficient (Wildman–Crippen LogP) is 5.50. The van der Waals surface area contributed by atoms with Crippen LogP contribution in [0.4, 0.5) is 4.39 Å². The zero-order valence-corrected chi connectivity index (χ0v) is 19.8. The van der Waals surface area contributed by atoms with Crippen LogP contribution in [-0.4, -0.2) is 28.9 Å². The van der Waals surface area contributed by atoms with Crippen LogP contribution in [0.2, 0.25) is 0 Å². The van der Waals surface area contributed by atoms with Crippen LogP contribution in [0.1, 0.15) is 36.5 Å². The molecule has 0 saturated heterocycles. The van der Waals surface area contributed by atoms with Crippen molar-refractivity contribution >= 4 is 29.2 Å². The molecule has 2 aromatic carbocycles. The lowest BCUT2D eigenvalue weighted by molar-refractivity contribution is -0.136. The molecule has 4 rings (SSSR count). The van der Waals surface area contributed by atoms with Gasteiger partial charge in [0.1, 0.15) is 12.4 Å². The number of carbonyl (C=O) groups is 1. The number of allylic oxidation sites excluding steroid dienone is 3. The lowest BCUT2D eigenvalue weighted by atomic mass is 9.97. The number of carboxylic acids is 1. The SMILES string of the molecule is C=N/C(CN)=C(F)\C(=C/C)c1cc(COc2ccccc2CC(=O)O)cc2c1ccn2CC1CC1. The Kier molecular flexibility index (Phi) is 7.46. The summed E-state index contributed by atoms with van der Waals surface area (Å²) in [6.45, 7) is 6.31. The van der Waals surface area contributed by atoms with Crippen molar-refractivity contribution in [3.8, 4) is 5.75 Å². The molecule has 1 aromatic heterocycles. The van der Waals surface area contributed by atoms with Gasteiger partial charge in [-0.1, -0.05) is 24.3 Å². The summed E-state index contributed by atoms with van der Waals surface area (Å²) in [4.78, 5) is 15.0. The van der Waals surface area contributed by atoms with Crippen molar-refractivity contribution in [3.05, 3.63) is 83.0 Å². The minimum atomic E-state index is -0.922. The predicted molar refractivity (Wildman–Crippen MR) is 137 cm³/mol. The quantitative estimate of drug-likeness (QED) is 0.283. The second kappa shape index (κ2) is 10.7. The van der Waals surface area contributed by atoms with E-state index in [1.807, 2.05) is 24.4 Å². The molecule has 0 aliphatic heterocycles. The number of nitrogens with zero attached hydrogens (tertiary/aromatic N) is 2. The molecule has 0 amide bonds. The molecule has 1 aliphatic carbocycles. The van der Waals surface area contributed by atoms with Crippen LogP contribution in [-0.2, 0) is 24.4 Å². The number of benzene rings is 2. The van der Waals surface area contributed by atoms with Crippen LogP contribution in [0.25, 0.3) is 16.5 Å². The van der Waals surface area contributed by atoms with Crippen molar-refractivity contribution in [3.63, 3.8) is 0 Å². The Morgan fingerprint density at radius 1 is 1.31 bits per heavy atom. The summed E-state index contributed by atoms with van der Waals surface area (Å²) in [5, 5.41) is 10.2. The molecule has 35 heavy (non-hydrogen) atoms. The molecule has 1 saturated carbocycles. The van der Waals surface area contributed by atoms with Crippen molar-refractivity contribution < 1.29 is 19.0 Å². The molecular formula is C28H30FN3O3. The molecule has 0 radical (unpaired) electrons. The van der Waals surface area contributed by atoms with Crippen molar-refractivity contribution in [1.29, 1.82) is 0 Å². The zero-order chi connectivity index (χ0) is 24.9. The first-order valence-corrected chi connectivity index (χ1v) is 11.7. The Balaban J connectivity index is 1.76. The maximum atomic E-state index is 15.4. The van der Waals surface area contributed by atoms with Gasteiger partial charge in [0.2, 0.25) is 0 Å². The highest BCUT2D eigenvalue weighted by atomic mass is 19.1. The molecule has 0 bridgehead atoms. The molecule has 1 aliphatic rings. The van der Waals surface area contributed by atoms with Gasteiger partial charge in [-0.05, 0) is 67.8 Å². The third-order valence-electron chi connectivity index (χ3n) is 6.26. The van der Waals surface area contributed by atoms with Gasteiger partial charge in [0.15, 0.2) is 5.83 Å². The number of hydrogen-bond acceptors (Lipinski definition) is 4. The summed E-state index contributed by atoms with van der Waals surface area (Å²) in [5.41, 5.74) is 9.38. The Bertz CT molecular complexity index is 1320. The zero-order valence-electron chi connectivity index (χ0n) is 19.8. The number of aliphatic imine (C=N–C) groups is 1. The van der Waals surface area contributed by atoms with Gasteiger partial charge in [0.05, 0.1) is 12.1 Å². The number of carboxylic acid groups (broad SMARTS) is 1. The maximum Gasteiger partial charge on any atom is 0.307 e. The van der Waals surface area contributed by atoms with Crippen LogP contribution in [0.3, 0.4) is 0 Å². The Hall–Kier alpha value is -3.71. The molecule has 0 spiro atoms. The van der Waals surface area contributed by atoms with E-state index in [-0.39, 0.29) is 25.3 Å². The number of aliphatic carboxylic acids is 1. The number of ether oxygens (including phenoxy) is 1. The highest BCUT2D eigenvalue weighted by Gasteiger charge is 2.23. The third-order valence-corrected chi connectivity index (χ3v) is 6.26. The number of aromatic nitrogens is 1. The van der Waals surface area contributed by atoms with Crippen molar-refractivity contribution in [1.82, 2.24) is 4.57 Å². The average Bonchev–Trinajstić information content (AvgIpc) is 3.58. The number of hydrogen-bond donors (Lipinski definition) is 2. The molecular weight excluding hydrogens is 445 g/mol. The Morgan fingerprint density at radius 2 is 2.09 bits per heavy atom. The van der Waals surface area contributed by atoms with Gasteiger partial charge in [0, 0.05) is 41.3 Å². The van der Waals surface area contributed by atoms with Gasteiger partial charge in [-0.25, -0.2) is 4.39 Å². The summed E-state index contributed by atoms with van der Waals surface area (Å²) >= 11 is 0. The van der Waals surface area contributed by atoms with Crippen LogP contribution >= 0.6 is 0 Å². The lowest BCUT2D eigenvalue weighted by Crippen LogP contribution is -2.06. The summed E-state index contributed by atoms with van der Waals surface area (Å²) in [6, 6.07) is 13.1. The van der Waals surface area contributed by atoms with E-state index in [4.69, 9.17) is 10.5 Å². The fraction of sp³-hybridized carbons (Fsp3) is 0.286. The minimum Gasteiger partial charge on any atom is -0.489 e. The normalized spacial score (nSPS) is 14.7. The summed E-state index contributed by atoms with van der Waals surface area (Å²) in [6.07, 6.45) is 6.08. The Labute approximate surface area is 204 Å². The molecule has 0 unspecified atom stereocenters. The highest BCUT2D eigenvalue weighted by molar-refractivity contribution is 5.96. The van der Waals surface area contributed by atoms with Gasteiger partial charge >= 0.3 is 5.97 Å². The molecule has 3 aromatic rings. The molecule has 1 heterocycles. The van der Waals surface area contributed by atoms with Crippen LogP contribution in [0, 0.1) is 5.92 Å². The number of fused-ring (bicyclic) bond motifs is 1.